The zero-order chi connectivity index (χ0) is 12.6. The molecule has 0 saturated carbocycles. The minimum absolute atomic E-state index is 0.0367. The molecular weight excluding hydrogens is 214 g/mol. The van der Waals surface area contributed by atoms with Gasteiger partial charge >= 0.3 is 5.97 Å². The van der Waals surface area contributed by atoms with Crippen LogP contribution in [0.4, 0.5) is 0 Å². The molecule has 3 heteroatoms. The molecule has 0 aromatic carbocycles. The number of rotatable bonds is 2. The summed E-state index contributed by atoms with van der Waals surface area (Å²) in [5, 5.41) is 0. The Balaban J connectivity index is 1.98. The number of ether oxygens (including phenoxy) is 1. The molecule has 0 radical (unpaired) electrons. The molecule has 2 aliphatic rings. The fourth-order valence-corrected chi connectivity index (χ4v) is 2.65. The van der Waals surface area contributed by atoms with E-state index in [1.807, 2.05) is 0 Å². The lowest BCUT2D eigenvalue weighted by atomic mass is 9.98. The van der Waals surface area contributed by atoms with Crippen LogP contribution in [0.25, 0.3) is 0 Å². The molecule has 0 aromatic heterocycles. The van der Waals surface area contributed by atoms with Crippen molar-refractivity contribution in [2.24, 2.45) is 5.41 Å². The van der Waals surface area contributed by atoms with Gasteiger partial charge in [0.25, 0.3) is 0 Å². The third kappa shape index (κ3) is 2.71. The van der Waals surface area contributed by atoms with E-state index >= 15 is 0 Å². The van der Waals surface area contributed by atoms with E-state index < -0.39 is 0 Å². The van der Waals surface area contributed by atoms with Crippen LogP contribution >= 0.6 is 0 Å². The zero-order valence-electron chi connectivity index (χ0n) is 11.3. The standard InChI is InChI=1S/C14H23NO2/c1-14(2,3)9-17-13(16)11-7-5-10-6-8-12(11)15(10)4/h7,10,12H,5-6,8-9H2,1-4H3. The van der Waals surface area contributed by atoms with E-state index in [1.54, 1.807) is 0 Å². The van der Waals surface area contributed by atoms with Gasteiger partial charge < -0.3 is 4.74 Å². The van der Waals surface area contributed by atoms with Crippen molar-refractivity contribution in [3.05, 3.63) is 11.6 Å². The number of carbonyl (C=O) groups excluding carboxylic acids is 1. The first-order valence-electron chi connectivity index (χ1n) is 6.47. The maximum Gasteiger partial charge on any atom is 0.335 e. The molecule has 2 atom stereocenters. The summed E-state index contributed by atoms with van der Waals surface area (Å²) in [5.74, 6) is -0.114. The van der Waals surface area contributed by atoms with E-state index in [1.165, 1.54) is 6.42 Å². The molecule has 1 saturated heterocycles. The summed E-state index contributed by atoms with van der Waals surface area (Å²) in [6.45, 7) is 6.72. The maximum atomic E-state index is 12.1. The van der Waals surface area contributed by atoms with Crippen LogP contribution < -0.4 is 0 Å². The predicted molar refractivity (Wildman–Crippen MR) is 67.7 cm³/mol. The Kier molecular flexibility index (Phi) is 3.30. The molecular formula is C14H23NO2. The SMILES string of the molecule is CN1C2CC=C(C(=O)OCC(C)(C)C)C1CC2. The first-order valence-corrected chi connectivity index (χ1v) is 6.47. The lowest BCUT2D eigenvalue weighted by Gasteiger charge is -2.31. The Hall–Kier alpha value is -0.830. The molecule has 2 aliphatic heterocycles. The number of hydrogen-bond acceptors (Lipinski definition) is 3. The number of esters is 1. The van der Waals surface area contributed by atoms with Crippen LogP contribution in [0, 0.1) is 5.41 Å². The number of nitrogens with zero attached hydrogens (tertiary/aromatic N) is 1. The molecule has 2 bridgehead atoms. The van der Waals surface area contributed by atoms with Gasteiger partial charge in [-0.1, -0.05) is 26.8 Å². The second-order valence-corrected chi connectivity index (χ2v) is 6.44. The second-order valence-electron chi connectivity index (χ2n) is 6.44. The van der Waals surface area contributed by atoms with Crippen LogP contribution in [0.15, 0.2) is 11.6 Å². The fourth-order valence-electron chi connectivity index (χ4n) is 2.65. The topological polar surface area (TPSA) is 29.5 Å². The number of carbonyl (C=O) groups is 1. The van der Waals surface area contributed by atoms with Gasteiger partial charge in [0.15, 0.2) is 0 Å². The van der Waals surface area contributed by atoms with Gasteiger partial charge in [-0.25, -0.2) is 4.79 Å². The van der Waals surface area contributed by atoms with Crippen LogP contribution in [-0.4, -0.2) is 36.6 Å². The summed E-state index contributed by atoms with van der Waals surface area (Å²) in [6.07, 6.45) is 5.38. The highest BCUT2D eigenvalue weighted by Crippen LogP contribution is 2.34. The maximum absolute atomic E-state index is 12.1. The molecule has 0 N–H and O–H groups in total. The van der Waals surface area contributed by atoms with Crippen LogP contribution in [0.1, 0.15) is 40.0 Å². The predicted octanol–water partition coefficient (Wildman–Crippen LogP) is 2.37. The van der Waals surface area contributed by atoms with Crippen LogP contribution in [0.2, 0.25) is 0 Å². The summed E-state index contributed by atoms with van der Waals surface area (Å²) < 4.78 is 5.41. The van der Waals surface area contributed by atoms with Crippen molar-refractivity contribution in [3.63, 3.8) is 0 Å². The summed E-state index contributed by atoms with van der Waals surface area (Å²) in [6, 6.07) is 0.931. The quantitative estimate of drug-likeness (QED) is 0.691. The van der Waals surface area contributed by atoms with Gasteiger partial charge in [-0.3, -0.25) is 4.90 Å². The third-order valence-electron chi connectivity index (χ3n) is 3.68. The molecule has 0 amide bonds. The minimum Gasteiger partial charge on any atom is -0.462 e. The van der Waals surface area contributed by atoms with E-state index in [0.29, 0.717) is 18.7 Å². The smallest absolute Gasteiger partial charge is 0.335 e. The van der Waals surface area contributed by atoms with Crippen molar-refractivity contribution < 1.29 is 9.53 Å². The average molecular weight is 237 g/mol. The molecule has 2 heterocycles. The van der Waals surface area contributed by atoms with Gasteiger partial charge in [-0.2, -0.15) is 0 Å². The van der Waals surface area contributed by atoms with Gasteiger partial charge in [0, 0.05) is 12.1 Å². The van der Waals surface area contributed by atoms with E-state index in [4.69, 9.17) is 4.74 Å². The Bertz CT molecular complexity index is 341. The summed E-state index contributed by atoms with van der Waals surface area (Å²) >= 11 is 0. The zero-order valence-corrected chi connectivity index (χ0v) is 11.3. The molecule has 96 valence electrons. The first kappa shape index (κ1) is 12.6. The molecule has 0 aromatic rings. The van der Waals surface area contributed by atoms with Crippen molar-refractivity contribution in [2.45, 2.75) is 52.1 Å². The Morgan fingerprint density at radius 3 is 2.82 bits per heavy atom. The molecule has 3 nitrogen and oxygen atoms in total. The molecule has 17 heavy (non-hydrogen) atoms. The molecule has 0 spiro atoms. The highest BCUT2D eigenvalue weighted by atomic mass is 16.5. The van der Waals surface area contributed by atoms with Gasteiger partial charge in [0.1, 0.15) is 0 Å². The Morgan fingerprint density at radius 1 is 1.47 bits per heavy atom. The molecule has 1 fully saturated rings. The van der Waals surface area contributed by atoms with Crippen molar-refractivity contribution >= 4 is 5.97 Å². The minimum atomic E-state index is -0.114. The Morgan fingerprint density at radius 2 is 2.18 bits per heavy atom. The van der Waals surface area contributed by atoms with E-state index in [0.717, 1.165) is 18.4 Å². The van der Waals surface area contributed by atoms with Gasteiger partial charge in [-0.15, -0.1) is 0 Å². The molecule has 2 rings (SSSR count). The molecule has 0 aliphatic carbocycles. The Labute approximate surface area is 104 Å². The lowest BCUT2D eigenvalue weighted by Crippen LogP contribution is -2.39. The van der Waals surface area contributed by atoms with Crippen molar-refractivity contribution in [1.82, 2.24) is 4.90 Å². The number of hydrogen-bond donors (Lipinski definition) is 0. The van der Waals surface area contributed by atoms with Crippen LogP contribution in [0.5, 0.6) is 0 Å². The summed E-state index contributed by atoms with van der Waals surface area (Å²) in [4.78, 5) is 14.4. The van der Waals surface area contributed by atoms with E-state index in [9.17, 15) is 4.79 Å². The van der Waals surface area contributed by atoms with E-state index in [-0.39, 0.29) is 11.4 Å². The average Bonchev–Trinajstić information content (AvgIpc) is 2.50. The summed E-state index contributed by atoms with van der Waals surface area (Å²) in [5.41, 5.74) is 0.917. The fraction of sp³-hybridized carbons (Fsp3) is 0.786. The third-order valence-corrected chi connectivity index (χ3v) is 3.68. The second kappa shape index (κ2) is 4.45. The number of fused-ring (bicyclic) bond motifs is 2. The first-order chi connectivity index (χ1) is 7.88. The van der Waals surface area contributed by atoms with Crippen molar-refractivity contribution in [2.75, 3.05) is 13.7 Å². The highest BCUT2D eigenvalue weighted by Gasteiger charge is 2.38. The highest BCUT2D eigenvalue weighted by molar-refractivity contribution is 5.90. The van der Waals surface area contributed by atoms with Crippen LogP contribution in [-0.2, 0) is 9.53 Å². The van der Waals surface area contributed by atoms with Gasteiger partial charge in [-0.05, 0) is 31.7 Å². The van der Waals surface area contributed by atoms with Crippen molar-refractivity contribution in [1.29, 1.82) is 0 Å². The molecule has 2 unspecified atom stereocenters. The largest absolute Gasteiger partial charge is 0.462 e. The van der Waals surface area contributed by atoms with Crippen molar-refractivity contribution in [3.8, 4) is 0 Å². The monoisotopic (exact) mass is 237 g/mol. The van der Waals surface area contributed by atoms with Gasteiger partial charge in [0.05, 0.1) is 12.2 Å². The van der Waals surface area contributed by atoms with Gasteiger partial charge in [0.2, 0.25) is 0 Å². The van der Waals surface area contributed by atoms with E-state index in [2.05, 4.69) is 38.8 Å². The van der Waals surface area contributed by atoms with Crippen LogP contribution in [0.3, 0.4) is 0 Å². The number of likely N-dealkylation sites (N-methyl/N-ethyl adjacent to an activating group) is 1. The lowest BCUT2D eigenvalue weighted by molar-refractivity contribution is -0.142. The normalized spacial score (nSPS) is 29.1. The summed E-state index contributed by atoms with van der Waals surface area (Å²) in [7, 11) is 2.12.